The third-order valence-corrected chi connectivity index (χ3v) is 11.2. The van der Waals surface area contributed by atoms with Gasteiger partial charge < -0.3 is 0 Å². The molecule has 188 valence electrons. The van der Waals surface area contributed by atoms with Crippen molar-refractivity contribution in [2.75, 3.05) is 11.4 Å². The molecule has 0 bridgehead atoms. The molecule has 3 aromatic heterocycles. The van der Waals surface area contributed by atoms with E-state index < -0.39 is 16.1 Å². The fourth-order valence-electron chi connectivity index (χ4n) is 4.29. The number of pyridine rings is 1. The van der Waals surface area contributed by atoms with E-state index in [1.54, 1.807) is 29.4 Å². The summed E-state index contributed by atoms with van der Waals surface area (Å²) in [7, 11) is -3.89. The van der Waals surface area contributed by atoms with Crippen molar-refractivity contribution in [3.63, 3.8) is 0 Å². The molecule has 0 spiro atoms. The topological polar surface area (TPSA) is 83.5 Å². The Kier molecular flexibility index (Phi) is 7.35. The van der Waals surface area contributed by atoms with Gasteiger partial charge in [0.1, 0.15) is 10.3 Å². The van der Waals surface area contributed by atoms with E-state index in [1.807, 2.05) is 25.1 Å². The van der Waals surface area contributed by atoms with Crippen molar-refractivity contribution in [3.05, 3.63) is 69.3 Å². The number of halogens is 2. The maximum Gasteiger partial charge on any atom is 0.253 e. The van der Waals surface area contributed by atoms with Crippen LogP contribution >= 0.6 is 45.9 Å². The maximum absolute atomic E-state index is 14.2. The fraction of sp³-hybridized carbons (Fsp3) is 0.292. The quantitative estimate of drug-likeness (QED) is 0.273. The Morgan fingerprint density at radius 2 is 2.00 bits per heavy atom. The summed E-state index contributed by atoms with van der Waals surface area (Å²) in [6.07, 6.45) is 5.21. The largest absolute Gasteiger partial charge is 0.282 e. The lowest BCUT2D eigenvalue weighted by Crippen LogP contribution is -2.52. The fourth-order valence-corrected chi connectivity index (χ4v) is 8.88. The Balaban J connectivity index is 1.57. The lowest BCUT2D eigenvalue weighted by molar-refractivity contribution is -0.123. The zero-order chi connectivity index (χ0) is 25.4. The number of hydrogen-bond acceptors (Lipinski definition) is 7. The molecule has 1 aromatic carbocycles. The van der Waals surface area contributed by atoms with Gasteiger partial charge in [-0.3, -0.25) is 14.7 Å². The van der Waals surface area contributed by atoms with Crippen molar-refractivity contribution >= 4 is 77.2 Å². The molecule has 7 nitrogen and oxygen atoms in total. The summed E-state index contributed by atoms with van der Waals surface area (Å²) in [5.41, 5.74) is 2.48. The van der Waals surface area contributed by atoms with Crippen molar-refractivity contribution in [1.82, 2.24) is 14.3 Å². The number of rotatable bonds is 6. The third-order valence-electron chi connectivity index (χ3n) is 6.10. The highest BCUT2D eigenvalue weighted by Gasteiger charge is 2.41. The van der Waals surface area contributed by atoms with E-state index in [2.05, 4.69) is 4.98 Å². The Morgan fingerprint density at radius 1 is 1.17 bits per heavy atom. The number of carbonyl (C=O) groups excluding carboxylic acids is 1. The number of fused-ring (bicyclic) bond motifs is 1. The summed E-state index contributed by atoms with van der Waals surface area (Å²) >= 11 is 14.8. The Morgan fingerprint density at radius 3 is 2.69 bits per heavy atom. The van der Waals surface area contributed by atoms with E-state index in [1.165, 1.54) is 21.7 Å². The summed E-state index contributed by atoms with van der Waals surface area (Å²) < 4.78 is 29.7. The molecule has 0 radical (unpaired) electrons. The van der Waals surface area contributed by atoms with Crippen LogP contribution in [0.2, 0.25) is 9.36 Å². The molecule has 1 saturated heterocycles. The van der Waals surface area contributed by atoms with Crippen LogP contribution in [-0.2, 0) is 21.4 Å². The second-order valence-electron chi connectivity index (χ2n) is 8.51. The number of sulfonamides is 1. The highest BCUT2D eigenvalue weighted by atomic mass is 35.5. The summed E-state index contributed by atoms with van der Waals surface area (Å²) in [4.78, 5) is 24.7. The first-order chi connectivity index (χ1) is 17.3. The number of carbonyl (C=O) groups is 1. The predicted octanol–water partition coefficient (Wildman–Crippen LogP) is 6.14. The Bertz CT molecular complexity index is 1480. The molecule has 36 heavy (non-hydrogen) atoms. The molecule has 12 heteroatoms. The van der Waals surface area contributed by atoms with Crippen LogP contribution in [0.3, 0.4) is 0 Å². The molecule has 0 saturated carbocycles. The highest BCUT2D eigenvalue weighted by Crippen LogP contribution is 2.38. The van der Waals surface area contributed by atoms with Crippen LogP contribution in [-0.4, -0.2) is 41.2 Å². The maximum atomic E-state index is 14.2. The van der Waals surface area contributed by atoms with Crippen molar-refractivity contribution in [2.24, 2.45) is 0 Å². The number of thiophene rings is 1. The van der Waals surface area contributed by atoms with Crippen LogP contribution in [0.25, 0.3) is 10.2 Å². The molecule has 1 fully saturated rings. The SMILES string of the molecule is Cc1ccc(Cl)c2sc(N(Cc3cccnc3)C(=O)C3CCCCN3S(=O)(=O)c3ccc(Cl)s3)nc12. The van der Waals surface area contributed by atoms with E-state index in [-0.39, 0.29) is 23.2 Å². The second-order valence-corrected chi connectivity index (χ2v) is 13.7. The van der Waals surface area contributed by atoms with Crippen LogP contribution in [0.4, 0.5) is 5.13 Å². The van der Waals surface area contributed by atoms with Crippen LogP contribution in [0.1, 0.15) is 30.4 Å². The standard InChI is InChI=1S/C24H22Cl2N4O3S3/c1-15-7-8-17(25)22-21(15)28-24(35-22)29(14-16-5-4-11-27-13-16)23(31)18-6-2-3-12-30(18)36(32,33)20-10-9-19(26)34-20/h4-5,7-11,13,18H,2-3,6,12,14H2,1H3. The van der Waals surface area contributed by atoms with Crippen LogP contribution in [0.15, 0.2) is 53.0 Å². The molecular weight excluding hydrogens is 559 g/mol. The van der Waals surface area contributed by atoms with E-state index in [0.717, 1.165) is 39.1 Å². The Hall–Kier alpha value is -2.08. The summed E-state index contributed by atoms with van der Waals surface area (Å²) in [6, 6.07) is 9.58. The predicted molar refractivity (Wildman–Crippen MR) is 146 cm³/mol. The van der Waals surface area contributed by atoms with Gasteiger partial charge in [-0.25, -0.2) is 13.4 Å². The van der Waals surface area contributed by atoms with Gasteiger partial charge in [-0.1, -0.05) is 53.1 Å². The summed E-state index contributed by atoms with van der Waals surface area (Å²) in [5.74, 6) is -0.322. The smallest absolute Gasteiger partial charge is 0.253 e. The molecule has 0 aliphatic carbocycles. The minimum absolute atomic E-state index is 0.133. The van der Waals surface area contributed by atoms with Gasteiger partial charge in [-0.05, 0) is 55.2 Å². The molecule has 4 heterocycles. The van der Waals surface area contributed by atoms with E-state index in [9.17, 15) is 13.2 Å². The first-order valence-electron chi connectivity index (χ1n) is 11.3. The average molecular weight is 582 g/mol. The monoisotopic (exact) mass is 580 g/mol. The molecular formula is C24H22Cl2N4O3S3. The normalized spacial score (nSPS) is 16.9. The van der Waals surface area contributed by atoms with Gasteiger partial charge in [-0.15, -0.1) is 11.3 Å². The van der Waals surface area contributed by atoms with Gasteiger partial charge in [0, 0.05) is 18.9 Å². The van der Waals surface area contributed by atoms with E-state index in [4.69, 9.17) is 28.2 Å². The molecule has 1 aliphatic rings. The van der Waals surface area contributed by atoms with Crippen LogP contribution in [0, 0.1) is 6.92 Å². The van der Waals surface area contributed by atoms with Crippen molar-refractivity contribution < 1.29 is 13.2 Å². The molecule has 1 aliphatic heterocycles. The number of thiazole rings is 1. The number of benzene rings is 1. The molecule has 1 atom stereocenters. The minimum Gasteiger partial charge on any atom is -0.282 e. The number of aromatic nitrogens is 2. The van der Waals surface area contributed by atoms with Gasteiger partial charge in [0.25, 0.3) is 10.0 Å². The van der Waals surface area contributed by atoms with Crippen LogP contribution in [0.5, 0.6) is 0 Å². The minimum atomic E-state index is -3.89. The average Bonchev–Trinajstić information content (AvgIpc) is 3.53. The van der Waals surface area contributed by atoms with Gasteiger partial charge >= 0.3 is 0 Å². The number of amides is 1. The molecule has 0 N–H and O–H groups in total. The number of nitrogens with zero attached hydrogens (tertiary/aromatic N) is 4. The van der Waals surface area contributed by atoms with Crippen molar-refractivity contribution in [1.29, 1.82) is 0 Å². The molecule has 4 aromatic rings. The van der Waals surface area contributed by atoms with Crippen molar-refractivity contribution in [2.45, 2.75) is 43.0 Å². The van der Waals surface area contributed by atoms with Crippen molar-refractivity contribution in [3.8, 4) is 0 Å². The molecule has 1 unspecified atom stereocenters. The summed E-state index contributed by atoms with van der Waals surface area (Å²) in [5, 5.41) is 1.03. The first kappa shape index (κ1) is 25.6. The summed E-state index contributed by atoms with van der Waals surface area (Å²) in [6.45, 7) is 2.41. The molecule has 5 rings (SSSR count). The molecule has 1 amide bonds. The number of hydrogen-bond donors (Lipinski definition) is 0. The zero-order valence-corrected chi connectivity index (χ0v) is 23.2. The number of anilines is 1. The van der Waals surface area contributed by atoms with E-state index in [0.29, 0.717) is 27.3 Å². The number of piperidine rings is 1. The van der Waals surface area contributed by atoms with Gasteiger partial charge in [0.2, 0.25) is 5.91 Å². The lowest BCUT2D eigenvalue weighted by Gasteiger charge is -2.35. The van der Waals surface area contributed by atoms with Crippen LogP contribution < -0.4 is 4.90 Å². The van der Waals surface area contributed by atoms with E-state index >= 15 is 0 Å². The number of aryl methyl sites for hydroxylation is 1. The third kappa shape index (κ3) is 4.90. The second kappa shape index (κ2) is 10.4. The lowest BCUT2D eigenvalue weighted by atomic mass is 10.0. The van der Waals surface area contributed by atoms with Gasteiger partial charge in [-0.2, -0.15) is 4.31 Å². The first-order valence-corrected chi connectivity index (χ1v) is 15.1. The zero-order valence-electron chi connectivity index (χ0n) is 19.2. The van der Waals surface area contributed by atoms with Gasteiger partial charge in [0.15, 0.2) is 5.13 Å². The highest BCUT2D eigenvalue weighted by molar-refractivity contribution is 7.91. The Labute approximate surface area is 227 Å². The van der Waals surface area contributed by atoms with Gasteiger partial charge in [0.05, 0.1) is 26.1 Å².